The summed E-state index contributed by atoms with van der Waals surface area (Å²) in [6.07, 6.45) is 1.68. The molecule has 4 aromatic rings. The molecule has 0 aliphatic carbocycles. The summed E-state index contributed by atoms with van der Waals surface area (Å²) in [5.74, 6) is -0.454. The van der Waals surface area contributed by atoms with E-state index in [4.69, 9.17) is 4.74 Å². The van der Waals surface area contributed by atoms with Crippen molar-refractivity contribution in [1.29, 1.82) is 0 Å². The van der Waals surface area contributed by atoms with Crippen molar-refractivity contribution in [2.24, 2.45) is 0 Å². The van der Waals surface area contributed by atoms with Gasteiger partial charge < -0.3 is 15.0 Å². The predicted octanol–water partition coefficient (Wildman–Crippen LogP) is 3.50. The molecule has 8 heteroatoms. The summed E-state index contributed by atoms with van der Waals surface area (Å²) in [6.45, 7) is 1.33. The fourth-order valence-electron chi connectivity index (χ4n) is 4.60. The van der Waals surface area contributed by atoms with Crippen LogP contribution in [0.2, 0.25) is 0 Å². The second-order valence-corrected chi connectivity index (χ2v) is 8.93. The van der Waals surface area contributed by atoms with Crippen LogP contribution < -0.4 is 5.32 Å². The van der Waals surface area contributed by atoms with Crippen molar-refractivity contribution >= 4 is 22.8 Å². The molecule has 1 aliphatic heterocycles. The lowest BCUT2D eigenvalue weighted by atomic mass is 10.0. The van der Waals surface area contributed by atoms with Crippen molar-refractivity contribution in [1.82, 2.24) is 25.2 Å². The van der Waals surface area contributed by atoms with Gasteiger partial charge in [0.15, 0.2) is 0 Å². The highest BCUT2D eigenvalue weighted by atomic mass is 16.5. The van der Waals surface area contributed by atoms with Crippen molar-refractivity contribution in [2.45, 2.75) is 38.1 Å². The molecule has 2 atom stereocenters. The van der Waals surface area contributed by atoms with Crippen LogP contribution in [0.15, 0.2) is 84.9 Å². The first kappa shape index (κ1) is 23.7. The molecule has 2 amide bonds. The number of carbonyl (C=O) groups excluding carboxylic acids is 2. The number of fused-ring (bicyclic) bond motifs is 1. The van der Waals surface area contributed by atoms with Gasteiger partial charge in [-0.15, -0.1) is 5.10 Å². The number of para-hydroxylation sites is 1. The van der Waals surface area contributed by atoms with Gasteiger partial charge in [-0.1, -0.05) is 78.0 Å². The standard InChI is InChI=1S/C28H29N5O3/c34-26(20-33-25-16-8-7-15-24(25)30-31-33)32(19-23-14-9-17-36-23)27(22-12-5-2-6-13-22)28(35)29-18-21-10-3-1-4-11-21/h1-8,10-13,15-16,23,27H,9,14,17-20H2,(H,29,35)/t23-,27-/m1/s1. The Bertz CT molecular complexity index is 1300. The molecule has 1 fully saturated rings. The number of ether oxygens (including phenoxy) is 1. The molecule has 1 aliphatic rings. The third-order valence-electron chi connectivity index (χ3n) is 6.43. The summed E-state index contributed by atoms with van der Waals surface area (Å²) in [6, 6.07) is 25.9. The Morgan fingerprint density at radius 2 is 1.72 bits per heavy atom. The normalized spacial score (nSPS) is 16.1. The van der Waals surface area contributed by atoms with E-state index in [-0.39, 0.29) is 24.5 Å². The van der Waals surface area contributed by atoms with Crippen LogP contribution in [0, 0.1) is 0 Å². The largest absolute Gasteiger partial charge is 0.376 e. The molecule has 3 aromatic carbocycles. The highest BCUT2D eigenvalue weighted by Crippen LogP contribution is 2.25. The van der Waals surface area contributed by atoms with Gasteiger partial charge in [0.2, 0.25) is 11.8 Å². The van der Waals surface area contributed by atoms with Crippen molar-refractivity contribution < 1.29 is 14.3 Å². The van der Waals surface area contributed by atoms with E-state index in [2.05, 4.69) is 15.6 Å². The molecule has 0 unspecified atom stereocenters. The van der Waals surface area contributed by atoms with E-state index in [1.54, 1.807) is 9.58 Å². The summed E-state index contributed by atoms with van der Waals surface area (Å²) < 4.78 is 7.46. The number of carbonyl (C=O) groups is 2. The summed E-state index contributed by atoms with van der Waals surface area (Å²) in [4.78, 5) is 29.1. The molecule has 5 rings (SSSR count). The number of amides is 2. The van der Waals surface area contributed by atoms with Gasteiger partial charge in [0.1, 0.15) is 18.1 Å². The predicted molar refractivity (Wildman–Crippen MR) is 136 cm³/mol. The number of hydrogen-bond acceptors (Lipinski definition) is 5. The van der Waals surface area contributed by atoms with Crippen LogP contribution in [-0.4, -0.2) is 51.0 Å². The Kier molecular flexibility index (Phi) is 7.33. The summed E-state index contributed by atoms with van der Waals surface area (Å²) in [5, 5.41) is 11.4. The molecule has 0 bridgehead atoms. The van der Waals surface area contributed by atoms with Gasteiger partial charge in [-0.3, -0.25) is 9.59 Å². The first-order chi connectivity index (χ1) is 17.7. The molecule has 36 heavy (non-hydrogen) atoms. The topological polar surface area (TPSA) is 89.4 Å². The zero-order valence-electron chi connectivity index (χ0n) is 20.0. The zero-order chi connectivity index (χ0) is 24.7. The molecule has 0 spiro atoms. The fourth-order valence-corrected chi connectivity index (χ4v) is 4.60. The quantitative estimate of drug-likeness (QED) is 0.394. The van der Waals surface area contributed by atoms with Crippen LogP contribution in [0.1, 0.15) is 30.0 Å². The first-order valence-corrected chi connectivity index (χ1v) is 12.2. The van der Waals surface area contributed by atoms with Crippen LogP contribution >= 0.6 is 0 Å². The Morgan fingerprint density at radius 1 is 1.00 bits per heavy atom. The van der Waals surface area contributed by atoms with Crippen LogP contribution in [0.25, 0.3) is 11.0 Å². The number of nitrogens with one attached hydrogen (secondary N) is 1. The van der Waals surface area contributed by atoms with Gasteiger partial charge in [0.25, 0.3) is 0 Å². The minimum atomic E-state index is -0.804. The van der Waals surface area contributed by atoms with E-state index in [0.717, 1.165) is 35.0 Å². The zero-order valence-corrected chi connectivity index (χ0v) is 20.0. The Morgan fingerprint density at radius 3 is 2.47 bits per heavy atom. The Hall–Kier alpha value is -4.04. The second kappa shape index (κ2) is 11.1. The second-order valence-electron chi connectivity index (χ2n) is 8.93. The maximum Gasteiger partial charge on any atom is 0.247 e. The van der Waals surface area contributed by atoms with Gasteiger partial charge in [0.05, 0.1) is 11.6 Å². The average molecular weight is 484 g/mol. The number of hydrogen-bond donors (Lipinski definition) is 1. The monoisotopic (exact) mass is 483 g/mol. The van der Waals surface area contributed by atoms with E-state index in [0.29, 0.717) is 19.7 Å². The minimum Gasteiger partial charge on any atom is -0.376 e. The maximum absolute atomic E-state index is 13.8. The van der Waals surface area contributed by atoms with E-state index in [9.17, 15) is 9.59 Å². The molecule has 1 aromatic heterocycles. The van der Waals surface area contributed by atoms with Crippen molar-refractivity contribution in [3.8, 4) is 0 Å². The summed E-state index contributed by atoms with van der Waals surface area (Å²) >= 11 is 0. The third-order valence-corrected chi connectivity index (χ3v) is 6.43. The molecule has 0 saturated carbocycles. The summed E-state index contributed by atoms with van der Waals surface area (Å²) in [7, 11) is 0. The van der Waals surface area contributed by atoms with Gasteiger partial charge in [-0.05, 0) is 36.1 Å². The van der Waals surface area contributed by atoms with Crippen LogP contribution in [0.5, 0.6) is 0 Å². The van der Waals surface area contributed by atoms with Crippen LogP contribution in [0.4, 0.5) is 0 Å². The van der Waals surface area contributed by atoms with Gasteiger partial charge in [-0.2, -0.15) is 0 Å². The van der Waals surface area contributed by atoms with E-state index in [1.807, 2.05) is 84.9 Å². The smallest absolute Gasteiger partial charge is 0.247 e. The number of benzene rings is 3. The molecule has 1 N–H and O–H groups in total. The molecule has 184 valence electrons. The van der Waals surface area contributed by atoms with E-state index < -0.39 is 6.04 Å². The Balaban J connectivity index is 1.45. The summed E-state index contributed by atoms with van der Waals surface area (Å²) in [5.41, 5.74) is 3.23. The Labute approximate surface area is 209 Å². The fraction of sp³-hybridized carbons (Fsp3) is 0.286. The average Bonchev–Trinajstić information content (AvgIpc) is 3.58. The lowest BCUT2D eigenvalue weighted by Crippen LogP contribution is -2.47. The van der Waals surface area contributed by atoms with Gasteiger partial charge in [0, 0.05) is 19.7 Å². The van der Waals surface area contributed by atoms with Crippen molar-refractivity contribution in [2.75, 3.05) is 13.2 Å². The number of rotatable bonds is 9. The van der Waals surface area contributed by atoms with Gasteiger partial charge in [-0.25, -0.2) is 4.68 Å². The van der Waals surface area contributed by atoms with E-state index >= 15 is 0 Å². The minimum absolute atomic E-state index is 0.0253. The van der Waals surface area contributed by atoms with Crippen molar-refractivity contribution in [3.05, 3.63) is 96.1 Å². The molecule has 2 heterocycles. The van der Waals surface area contributed by atoms with Crippen LogP contribution in [0.3, 0.4) is 0 Å². The molecular weight excluding hydrogens is 454 g/mol. The first-order valence-electron chi connectivity index (χ1n) is 12.2. The highest BCUT2D eigenvalue weighted by Gasteiger charge is 2.34. The molecule has 0 radical (unpaired) electrons. The third kappa shape index (κ3) is 5.44. The number of aromatic nitrogens is 3. The lowest BCUT2D eigenvalue weighted by Gasteiger charge is -2.33. The maximum atomic E-state index is 13.8. The SMILES string of the molecule is O=C(NCc1ccccc1)[C@@H](c1ccccc1)N(C[C@H]1CCCO1)C(=O)Cn1nnc2ccccc21. The van der Waals surface area contributed by atoms with Gasteiger partial charge >= 0.3 is 0 Å². The van der Waals surface area contributed by atoms with E-state index in [1.165, 1.54) is 0 Å². The van der Waals surface area contributed by atoms with Crippen molar-refractivity contribution in [3.63, 3.8) is 0 Å². The molecule has 1 saturated heterocycles. The molecule has 8 nitrogen and oxygen atoms in total. The number of nitrogens with zero attached hydrogens (tertiary/aromatic N) is 4. The highest BCUT2D eigenvalue weighted by molar-refractivity contribution is 5.89. The molecular formula is C28H29N5O3. The lowest BCUT2D eigenvalue weighted by molar-refractivity contribution is -0.143. The van der Waals surface area contributed by atoms with Crippen LogP contribution in [-0.2, 0) is 27.4 Å².